The number of fused-ring (bicyclic) bond motifs is 1. The standard InChI is InChI=1S/C20H20F8N6O4S2/c1-2-3-6-34-7-4-5-11-8-12(13(9-14(11)34)33-40(36,37)10-18(21,22)23)29-31-17-32-30-15(39-17)16(35)38-20(27,28)19(24,25)26/h8-9,33H,2-7,10H2,1H3. The lowest BCUT2D eigenvalue weighted by Gasteiger charge is -2.32. The number of halogens is 8. The van der Waals surface area contributed by atoms with Gasteiger partial charge >= 0.3 is 24.4 Å². The van der Waals surface area contributed by atoms with Crippen molar-refractivity contribution in [3.8, 4) is 0 Å². The number of benzene rings is 1. The van der Waals surface area contributed by atoms with E-state index < -0.39 is 50.3 Å². The molecule has 2 heterocycles. The molecule has 0 atom stereocenters. The van der Waals surface area contributed by atoms with E-state index in [1.807, 2.05) is 16.5 Å². The van der Waals surface area contributed by atoms with Crippen LogP contribution >= 0.6 is 11.3 Å². The number of nitrogens with one attached hydrogen (secondary N) is 1. The first-order valence-corrected chi connectivity index (χ1v) is 13.8. The molecule has 40 heavy (non-hydrogen) atoms. The Morgan fingerprint density at radius 1 is 1.12 bits per heavy atom. The zero-order valence-corrected chi connectivity index (χ0v) is 21.9. The Balaban J connectivity index is 1.93. The molecule has 0 spiro atoms. The van der Waals surface area contributed by atoms with Crippen molar-refractivity contribution in [3.63, 3.8) is 0 Å². The van der Waals surface area contributed by atoms with Gasteiger partial charge in [-0.15, -0.1) is 20.4 Å². The van der Waals surface area contributed by atoms with Gasteiger partial charge in [-0.25, -0.2) is 13.2 Å². The van der Waals surface area contributed by atoms with Crippen LogP contribution in [0.15, 0.2) is 22.4 Å². The molecule has 0 aliphatic carbocycles. The van der Waals surface area contributed by atoms with Gasteiger partial charge in [0, 0.05) is 18.8 Å². The molecule has 0 amide bonds. The Morgan fingerprint density at radius 2 is 1.82 bits per heavy atom. The molecule has 1 aliphatic rings. The Kier molecular flexibility index (Phi) is 9.22. The third-order valence-corrected chi connectivity index (χ3v) is 7.22. The lowest BCUT2D eigenvalue weighted by molar-refractivity contribution is -0.370. The fraction of sp³-hybridized carbons (Fsp3) is 0.550. The van der Waals surface area contributed by atoms with E-state index in [1.54, 1.807) is 0 Å². The summed E-state index contributed by atoms with van der Waals surface area (Å²) in [5.74, 6) is -4.33. The maximum atomic E-state index is 13.0. The summed E-state index contributed by atoms with van der Waals surface area (Å²) in [4.78, 5) is 13.6. The van der Waals surface area contributed by atoms with E-state index in [-0.39, 0.29) is 22.7 Å². The van der Waals surface area contributed by atoms with Gasteiger partial charge in [0.25, 0.3) is 5.13 Å². The third kappa shape index (κ3) is 8.18. The van der Waals surface area contributed by atoms with Crippen molar-refractivity contribution in [2.24, 2.45) is 10.2 Å². The summed E-state index contributed by atoms with van der Waals surface area (Å²) in [5, 5.41) is 12.2. The molecule has 0 saturated heterocycles. The number of alkyl halides is 8. The predicted octanol–water partition coefficient (Wildman–Crippen LogP) is 6.12. The highest BCUT2D eigenvalue weighted by atomic mass is 32.2. The minimum atomic E-state index is -6.18. The van der Waals surface area contributed by atoms with Gasteiger partial charge in [-0.2, -0.15) is 35.1 Å². The van der Waals surface area contributed by atoms with Gasteiger partial charge in [0.2, 0.25) is 15.0 Å². The first kappa shape index (κ1) is 31.4. The Labute approximate surface area is 225 Å². The van der Waals surface area contributed by atoms with E-state index in [0.717, 1.165) is 19.3 Å². The number of hydrogen-bond acceptors (Lipinski definition) is 10. The molecular weight excluding hydrogens is 604 g/mol. The molecule has 1 aliphatic heterocycles. The lowest BCUT2D eigenvalue weighted by Crippen LogP contribution is -2.40. The number of azo groups is 1. The minimum Gasteiger partial charge on any atom is -0.388 e. The number of unbranched alkanes of at least 4 members (excludes halogenated alkanes) is 1. The smallest absolute Gasteiger partial charge is 0.388 e. The largest absolute Gasteiger partial charge is 0.501 e. The third-order valence-electron chi connectivity index (χ3n) is 5.20. The van der Waals surface area contributed by atoms with E-state index in [4.69, 9.17) is 0 Å². The molecule has 0 unspecified atom stereocenters. The van der Waals surface area contributed by atoms with Crippen LogP contribution in [0.1, 0.15) is 41.6 Å². The van der Waals surface area contributed by atoms with Crippen LogP contribution in [-0.4, -0.2) is 61.9 Å². The fourth-order valence-electron chi connectivity index (χ4n) is 3.51. The molecule has 10 nitrogen and oxygen atoms in total. The van der Waals surface area contributed by atoms with E-state index in [0.29, 0.717) is 30.8 Å². The van der Waals surface area contributed by atoms with Crippen LogP contribution < -0.4 is 9.62 Å². The summed E-state index contributed by atoms with van der Waals surface area (Å²) in [6.07, 6.45) is -14.1. The molecule has 1 aromatic heterocycles. The van der Waals surface area contributed by atoms with Gasteiger partial charge in [-0.1, -0.05) is 24.7 Å². The van der Waals surface area contributed by atoms with Gasteiger partial charge in [0.15, 0.2) is 5.75 Å². The average molecular weight is 625 g/mol. The number of rotatable bonds is 10. The van der Waals surface area contributed by atoms with Crippen LogP contribution in [0, 0.1) is 0 Å². The SMILES string of the molecule is CCCCN1CCCc2cc(N=Nc3nnc(C(=O)OC(F)(F)C(F)(F)F)s3)c(NS(=O)(=O)CC(F)(F)F)cc21. The van der Waals surface area contributed by atoms with Crippen LogP contribution in [0.3, 0.4) is 0 Å². The van der Waals surface area contributed by atoms with Crippen molar-refractivity contribution in [3.05, 3.63) is 22.7 Å². The summed E-state index contributed by atoms with van der Waals surface area (Å²) in [5.41, 5.74) is 0.662. The summed E-state index contributed by atoms with van der Waals surface area (Å²) in [6, 6.07) is 2.71. The molecule has 1 N–H and O–H groups in total. The first-order valence-electron chi connectivity index (χ1n) is 11.3. The highest BCUT2D eigenvalue weighted by Gasteiger charge is 2.62. The molecule has 0 bridgehead atoms. The molecule has 0 fully saturated rings. The molecule has 222 valence electrons. The number of carbonyl (C=O) groups excluding carboxylic acids is 1. The topological polar surface area (TPSA) is 126 Å². The normalized spacial score (nSPS) is 14.9. The van der Waals surface area contributed by atoms with E-state index in [2.05, 4.69) is 25.2 Å². The number of nitrogens with zero attached hydrogens (tertiary/aromatic N) is 5. The van der Waals surface area contributed by atoms with Crippen molar-refractivity contribution < 1.29 is 53.1 Å². The van der Waals surface area contributed by atoms with Crippen LogP contribution in [0.4, 0.5) is 57.3 Å². The lowest BCUT2D eigenvalue weighted by atomic mass is 10.00. The molecular formula is C20H20F8N6O4S2. The molecule has 1 aromatic carbocycles. The molecule has 20 heteroatoms. The zero-order valence-electron chi connectivity index (χ0n) is 20.3. The second kappa shape index (κ2) is 11.8. The number of aromatic nitrogens is 2. The van der Waals surface area contributed by atoms with Crippen molar-refractivity contribution >= 4 is 49.5 Å². The summed E-state index contributed by atoms with van der Waals surface area (Å²) >= 11 is 0.123. The number of esters is 1. The van der Waals surface area contributed by atoms with Crippen LogP contribution in [-0.2, 0) is 21.2 Å². The van der Waals surface area contributed by atoms with Crippen LogP contribution in [0.5, 0.6) is 0 Å². The number of hydrogen-bond donors (Lipinski definition) is 1. The average Bonchev–Trinajstić information content (AvgIpc) is 3.28. The highest BCUT2D eigenvalue weighted by Crippen LogP contribution is 2.40. The van der Waals surface area contributed by atoms with Gasteiger partial charge in [0.05, 0.1) is 5.69 Å². The Hall–Kier alpha value is -3.16. The highest BCUT2D eigenvalue weighted by molar-refractivity contribution is 7.92. The van der Waals surface area contributed by atoms with Gasteiger partial charge in [-0.3, -0.25) is 4.72 Å². The molecule has 0 saturated carbocycles. The van der Waals surface area contributed by atoms with E-state index in [1.165, 1.54) is 12.1 Å². The van der Waals surface area contributed by atoms with E-state index >= 15 is 0 Å². The number of sulfonamides is 1. The van der Waals surface area contributed by atoms with Gasteiger partial charge in [-0.05, 0) is 37.0 Å². The molecule has 3 rings (SSSR count). The van der Waals surface area contributed by atoms with Gasteiger partial charge < -0.3 is 9.64 Å². The van der Waals surface area contributed by atoms with Crippen molar-refractivity contribution in [1.29, 1.82) is 0 Å². The quantitative estimate of drug-likeness (QED) is 0.192. The second-order valence-corrected chi connectivity index (χ2v) is 11.1. The van der Waals surface area contributed by atoms with Crippen LogP contribution in [0.2, 0.25) is 0 Å². The summed E-state index contributed by atoms with van der Waals surface area (Å²) in [7, 11) is -4.94. The number of aryl methyl sites for hydroxylation is 1. The number of ether oxygens (including phenoxy) is 1. The van der Waals surface area contributed by atoms with Crippen molar-refractivity contribution in [2.45, 2.75) is 51.1 Å². The monoisotopic (exact) mass is 624 g/mol. The van der Waals surface area contributed by atoms with Crippen molar-refractivity contribution in [2.75, 3.05) is 28.5 Å². The minimum absolute atomic E-state index is 0.123. The van der Waals surface area contributed by atoms with Gasteiger partial charge in [0.1, 0.15) is 5.69 Å². The number of anilines is 2. The van der Waals surface area contributed by atoms with Crippen LogP contribution in [0.25, 0.3) is 0 Å². The first-order chi connectivity index (χ1) is 18.4. The predicted molar refractivity (Wildman–Crippen MR) is 126 cm³/mol. The number of carbonyl (C=O) groups is 1. The van der Waals surface area contributed by atoms with E-state index in [9.17, 15) is 48.3 Å². The fourth-order valence-corrected chi connectivity index (χ4v) is 5.06. The maximum absolute atomic E-state index is 13.0. The summed E-state index contributed by atoms with van der Waals surface area (Å²) in [6.45, 7) is 3.20. The molecule has 2 aromatic rings. The Bertz CT molecular complexity index is 1360. The zero-order chi connectivity index (χ0) is 29.9. The maximum Gasteiger partial charge on any atom is 0.501 e. The summed E-state index contributed by atoms with van der Waals surface area (Å²) < 4.78 is 131. The molecule has 0 radical (unpaired) electrons. The van der Waals surface area contributed by atoms with Crippen molar-refractivity contribution in [1.82, 2.24) is 10.2 Å². The Morgan fingerprint density at radius 3 is 2.45 bits per heavy atom. The second-order valence-electron chi connectivity index (χ2n) is 8.41.